The van der Waals surface area contributed by atoms with Crippen molar-refractivity contribution >= 4 is 16.6 Å². The Morgan fingerprint density at radius 1 is 1.19 bits per heavy atom. The number of para-hydroxylation sites is 1. The molecular formula is C14H18N2. The molecule has 2 heteroatoms. The molecule has 16 heavy (non-hydrogen) atoms. The molecule has 0 fully saturated rings. The summed E-state index contributed by atoms with van der Waals surface area (Å²) in [4.78, 5) is 4.62. The summed E-state index contributed by atoms with van der Waals surface area (Å²) < 4.78 is 0. The highest BCUT2D eigenvalue weighted by Crippen LogP contribution is 2.23. The molecule has 1 aromatic carbocycles. The number of benzene rings is 1. The fraction of sp³-hybridized carbons (Fsp3) is 0.357. The average molecular weight is 214 g/mol. The zero-order valence-electron chi connectivity index (χ0n) is 9.96. The van der Waals surface area contributed by atoms with Crippen molar-refractivity contribution in [1.29, 1.82) is 0 Å². The summed E-state index contributed by atoms with van der Waals surface area (Å²) in [6.45, 7) is 5.33. The summed E-state index contributed by atoms with van der Waals surface area (Å²) in [7, 11) is 0. The van der Waals surface area contributed by atoms with E-state index in [0.717, 1.165) is 30.6 Å². The molecule has 0 saturated carbocycles. The lowest BCUT2D eigenvalue weighted by molar-refractivity contribution is 0.977. The van der Waals surface area contributed by atoms with Gasteiger partial charge in [0.1, 0.15) is 0 Å². The van der Waals surface area contributed by atoms with Crippen LogP contribution < -0.4 is 5.32 Å². The molecule has 0 bridgehead atoms. The molecule has 0 aliphatic heterocycles. The smallest absolute Gasteiger partial charge is 0.0726 e. The van der Waals surface area contributed by atoms with E-state index in [1.165, 1.54) is 11.1 Å². The third-order valence-electron chi connectivity index (χ3n) is 2.70. The van der Waals surface area contributed by atoms with E-state index in [4.69, 9.17) is 0 Å². The summed E-state index contributed by atoms with van der Waals surface area (Å²) in [5.74, 6) is 0. The molecule has 0 radical (unpaired) electrons. The first-order valence-corrected chi connectivity index (χ1v) is 5.97. The van der Waals surface area contributed by atoms with Gasteiger partial charge in [-0.05, 0) is 25.0 Å². The van der Waals surface area contributed by atoms with Crippen LogP contribution in [0.4, 0.5) is 5.69 Å². The SMILES string of the molecule is CCCNc1cc(CC)nc2ccccc12. The topological polar surface area (TPSA) is 24.9 Å². The van der Waals surface area contributed by atoms with Crippen LogP contribution in [0.1, 0.15) is 26.0 Å². The van der Waals surface area contributed by atoms with Crippen LogP contribution in [0.25, 0.3) is 10.9 Å². The van der Waals surface area contributed by atoms with Crippen molar-refractivity contribution in [3.05, 3.63) is 36.0 Å². The van der Waals surface area contributed by atoms with Crippen LogP contribution in [0, 0.1) is 0 Å². The molecule has 0 amide bonds. The zero-order chi connectivity index (χ0) is 11.4. The minimum atomic E-state index is 0.978. The minimum absolute atomic E-state index is 0.978. The molecule has 0 atom stereocenters. The van der Waals surface area contributed by atoms with Gasteiger partial charge in [0.05, 0.1) is 5.52 Å². The molecule has 0 aliphatic rings. The van der Waals surface area contributed by atoms with Crippen LogP contribution in [-0.2, 0) is 6.42 Å². The maximum Gasteiger partial charge on any atom is 0.0726 e. The maximum atomic E-state index is 4.62. The number of hydrogen-bond acceptors (Lipinski definition) is 2. The Hall–Kier alpha value is -1.57. The van der Waals surface area contributed by atoms with E-state index in [2.05, 4.69) is 48.4 Å². The highest BCUT2D eigenvalue weighted by atomic mass is 14.9. The van der Waals surface area contributed by atoms with Crippen molar-refractivity contribution in [3.8, 4) is 0 Å². The fourth-order valence-corrected chi connectivity index (χ4v) is 1.82. The fourth-order valence-electron chi connectivity index (χ4n) is 1.82. The van der Waals surface area contributed by atoms with Gasteiger partial charge < -0.3 is 5.32 Å². The molecule has 1 aromatic heterocycles. The van der Waals surface area contributed by atoms with Crippen molar-refractivity contribution in [1.82, 2.24) is 4.98 Å². The minimum Gasteiger partial charge on any atom is -0.384 e. The van der Waals surface area contributed by atoms with Gasteiger partial charge >= 0.3 is 0 Å². The molecule has 1 heterocycles. The lowest BCUT2D eigenvalue weighted by Crippen LogP contribution is -2.02. The highest BCUT2D eigenvalue weighted by Gasteiger charge is 2.03. The number of anilines is 1. The summed E-state index contributed by atoms with van der Waals surface area (Å²) in [6.07, 6.45) is 2.11. The van der Waals surface area contributed by atoms with Gasteiger partial charge in [-0.25, -0.2) is 0 Å². The second-order valence-corrected chi connectivity index (χ2v) is 3.96. The van der Waals surface area contributed by atoms with Crippen LogP contribution in [0.5, 0.6) is 0 Å². The van der Waals surface area contributed by atoms with E-state index in [9.17, 15) is 0 Å². The quantitative estimate of drug-likeness (QED) is 0.840. The van der Waals surface area contributed by atoms with Crippen molar-refractivity contribution in [3.63, 3.8) is 0 Å². The molecule has 0 unspecified atom stereocenters. The van der Waals surface area contributed by atoms with Gasteiger partial charge in [0.2, 0.25) is 0 Å². The number of fused-ring (bicyclic) bond motifs is 1. The van der Waals surface area contributed by atoms with E-state index in [1.807, 2.05) is 6.07 Å². The third kappa shape index (κ3) is 2.16. The summed E-state index contributed by atoms with van der Waals surface area (Å²) in [5.41, 5.74) is 3.45. The van der Waals surface area contributed by atoms with Gasteiger partial charge in [0.25, 0.3) is 0 Å². The molecule has 84 valence electrons. The van der Waals surface area contributed by atoms with Crippen LogP contribution in [0.15, 0.2) is 30.3 Å². The van der Waals surface area contributed by atoms with Gasteiger partial charge in [-0.15, -0.1) is 0 Å². The molecule has 2 rings (SSSR count). The summed E-state index contributed by atoms with van der Waals surface area (Å²) >= 11 is 0. The predicted octanol–water partition coefficient (Wildman–Crippen LogP) is 3.62. The maximum absolute atomic E-state index is 4.62. The number of pyridine rings is 1. The van der Waals surface area contributed by atoms with Crippen molar-refractivity contribution in [2.45, 2.75) is 26.7 Å². The molecule has 2 aromatic rings. The second-order valence-electron chi connectivity index (χ2n) is 3.96. The zero-order valence-corrected chi connectivity index (χ0v) is 9.96. The molecule has 0 saturated heterocycles. The summed E-state index contributed by atoms with van der Waals surface area (Å²) in [5, 5.41) is 4.69. The lowest BCUT2D eigenvalue weighted by atomic mass is 10.1. The highest BCUT2D eigenvalue weighted by molar-refractivity contribution is 5.91. The molecule has 0 aliphatic carbocycles. The van der Waals surface area contributed by atoms with Crippen molar-refractivity contribution in [2.75, 3.05) is 11.9 Å². The van der Waals surface area contributed by atoms with E-state index in [1.54, 1.807) is 0 Å². The number of rotatable bonds is 4. The largest absolute Gasteiger partial charge is 0.384 e. The number of nitrogens with one attached hydrogen (secondary N) is 1. The third-order valence-corrected chi connectivity index (χ3v) is 2.70. The second kappa shape index (κ2) is 4.97. The first kappa shape index (κ1) is 10.9. The van der Waals surface area contributed by atoms with Crippen LogP contribution in [-0.4, -0.2) is 11.5 Å². The number of hydrogen-bond donors (Lipinski definition) is 1. The molecule has 2 nitrogen and oxygen atoms in total. The number of nitrogens with zero attached hydrogens (tertiary/aromatic N) is 1. The van der Waals surface area contributed by atoms with E-state index in [0.29, 0.717) is 0 Å². The Morgan fingerprint density at radius 3 is 2.75 bits per heavy atom. The van der Waals surface area contributed by atoms with Gasteiger partial charge in [0, 0.05) is 23.3 Å². The molecule has 0 spiro atoms. The van der Waals surface area contributed by atoms with Crippen LogP contribution in [0.3, 0.4) is 0 Å². The van der Waals surface area contributed by atoms with Gasteiger partial charge in [-0.1, -0.05) is 32.0 Å². The first-order valence-electron chi connectivity index (χ1n) is 5.97. The Kier molecular flexibility index (Phi) is 3.40. The number of aryl methyl sites for hydroxylation is 1. The Morgan fingerprint density at radius 2 is 2.00 bits per heavy atom. The average Bonchev–Trinajstić information content (AvgIpc) is 2.35. The summed E-state index contributed by atoms with van der Waals surface area (Å²) in [6, 6.07) is 10.5. The van der Waals surface area contributed by atoms with Crippen molar-refractivity contribution in [2.24, 2.45) is 0 Å². The number of aromatic nitrogens is 1. The van der Waals surface area contributed by atoms with E-state index in [-0.39, 0.29) is 0 Å². The van der Waals surface area contributed by atoms with Crippen LogP contribution >= 0.6 is 0 Å². The van der Waals surface area contributed by atoms with Gasteiger partial charge in [-0.2, -0.15) is 0 Å². The van der Waals surface area contributed by atoms with Crippen molar-refractivity contribution < 1.29 is 0 Å². The van der Waals surface area contributed by atoms with Gasteiger partial charge in [-0.3, -0.25) is 4.98 Å². The predicted molar refractivity (Wildman–Crippen MR) is 69.9 cm³/mol. The van der Waals surface area contributed by atoms with E-state index < -0.39 is 0 Å². The molecular weight excluding hydrogens is 196 g/mol. The van der Waals surface area contributed by atoms with Crippen LogP contribution in [0.2, 0.25) is 0 Å². The normalized spacial score (nSPS) is 10.6. The lowest BCUT2D eigenvalue weighted by Gasteiger charge is -2.10. The van der Waals surface area contributed by atoms with E-state index >= 15 is 0 Å². The monoisotopic (exact) mass is 214 g/mol. The Bertz CT molecular complexity index is 477. The Labute approximate surface area is 96.7 Å². The standard InChI is InChI=1S/C14H18N2/c1-3-9-15-14-10-11(4-2)16-13-8-6-5-7-12(13)14/h5-8,10H,3-4,9H2,1-2H3,(H,15,16). The Balaban J connectivity index is 2.50. The van der Waals surface area contributed by atoms with Gasteiger partial charge in [0.15, 0.2) is 0 Å². The molecule has 1 N–H and O–H groups in total. The first-order chi connectivity index (χ1) is 7.85.